The molecule has 1 amide bonds. The molecule has 0 unspecified atom stereocenters. The fourth-order valence-electron chi connectivity index (χ4n) is 2.35. The molecule has 0 radical (unpaired) electrons. The van der Waals surface area contributed by atoms with Gasteiger partial charge in [0, 0.05) is 16.3 Å². The molecule has 0 aliphatic carbocycles. The minimum atomic E-state index is -0.432. The van der Waals surface area contributed by atoms with Crippen LogP contribution >= 0.6 is 11.6 Å². The Morgan fingerprint density at radius 3 is 2.38 bits per heavy atom. The lowest BCUT2D eigenvalue weighted by Crippen LogP contribution is -2.38. The van der Waals surface area contributed by atoms with Crippen molar-refractivity contribution >= 4 is 29.0 Å². The average Bonchev–Trinajstić information content (AvgIpc) is 3.14. The molecule has 0 N–H and O–H groups in total. The summed E-state index contributed by atoms with van der Waals surface area (Å²) in [4.78, 5) is 30.4. The Balaban J connectivity index is 1.84. The summed E-state index contributed by atoms with van der Waals surface area (Å²) in [6.45, 7) is -0.264. The predicted octanol–water partition coefficient (Wildman–Crippen LogP) is 2.99. The summed E-state index contributed by atoms with van der Waals surface area (Å²) >= 11 is 5.90. The number of rotatable bonds is 6. The number of hydrogen-bond acceptors (Lipinski definition) is 4. The number of hydrogen-bond donors (Lipinski definition) is 0. The van der Waals surface area contributed by atoms with E-state index in [-0.39, 0.29) is 24.8 Å². The number of aromatic nitrogens is 3. The Labute approximate surface area is 153 Å². The molecule has 26 heavy (non-hydrogen) atoms. The molecule has 0 fully saturated rings. The second kappa shape index (κ2) is 7.88. The van der Waals surface area contributed by atoms with Gasteiger partial charge in [-0.1, -0.05) is 11.6 Å². The van der Waals surface area contributed by atoms with E-state index < -0.39 is 5.82 Å². The van der Waals surface area contributed by atoms with E-state index in [9.17, 15) is 14.0 Å². The van der Waals surface area contributed by atoms with E-state index in [2.05, 4.69) is 10.1 Å². The van der Waals surface area contributed by atoms with E-state index in [0.29, 0.717) is 16.3 Å². The molecular formula is C18H14ClFN4O2. The summed E-state index contributed by atoms with van der Waals surface area (Å²) < 4.78 is 14.4. The first-order chi connectivity index (χ1) is 12.5. The van der Waals surface area contributed by atoms with Crippen LogP contribution in [0.4, 0.5) is 10.1 Å². The minimum absolute atomic E-state index is 0.0701. The second-order valence-corrected chi connectivity index (χ2v) is 5.92. The molecule has 8 heteroatoms. The van der Waals surface area contributed by atoms with Crippen molar-refractivity contribution in [3.05, 3.63) is 77.6 Å². The van der Waals surface area contributed by atoms with Crippen molar-refractivity contribution < 1.29 is 14.0 Å². The van der Waals surface area contributed by atoms with Crippen molar-refractivity contribution in [3.8, 4) is 0 Å². The van der Waals surface area contributed by atoms with Crippen LogP contribution in [0.25, 0.3) is 0 Å². The number of anilines is 1. The third-order valence-electron chi connectivity index (χ3n) is 3.67. The highest BCUT2D eigenvalue weighted by molar-refractivity contribution is 6.30. The summed E-state index contributed by atoms with van der Waals surface area (Å²) in [5.41, 5.74) is 0.842. The average molecular weight is 373 g/mol. The molecule has 132 valence electrons. The Bertz CT molecular complexity index is 896. The van der Waals surface area contributed by atoms with Crippen molar-refractivity contribution in [1.82, 2.24) is 14.8 Å². The highest BCUT2D eigenvalue weighted by Gasteiger charge is 2.21. The summed E-state index contributed by atoms with van der Waals surface area (Å²) in [6, 6.07) is 11.8. The van der Waals surface area contributed by atoms with Crippen molar-refractivity contribution in [2.45, 2.75) is 6.54 Å². The number of carbonyl (C=O) groups is 2. The van der Waals surface area contributed by atoms with Crippen LogP contribution in [0.2, 0.25) is 5.02 Å². The zero-order valence-electron chi connectivity index (χ0n) is 13.5. The number of amides is 1. The third-order valence-corrected chi connectivity index (χ3v) is 3.92. The number of Topliss-reactive ketones (excluding diaryl/α,β-unsaturated/α-hetero) is 1. The van der Waals surface area contributed by atoms with Gasteiger partial charge in [-0.25, -0.2) is 14.1 Å². The lowest BCUT2D eigenvalue weighted by Gasteiger charge is -2.22. The molecule has 1 heterocycles. The molecule has 1 aromatic heterocycles. The minimum Gasteiger partial charge on any atom is -0.303 e. The first-order valence-corrected chi connectivity index (χ1v) is 8.08. The predicted molar refractivity (Wildman–Crippen MR) is 94.6 cm³/mol. The molecule has 3 rings (SSSR count). The SMILES string of the molecule is O=C(CN(C(=O)Cn1cncn1)c1ccc(Cl)cc1)c1ccc(F)cc1. The zero-order chi connectivity index (χ0) is 18.5. The number of halogens is 2. The fourth-order valence-corrected chi connectivity index (χ4v) is 2.48. The Hall–Kier alpha value is -3.06. The Morgan fingerprint density at radius 1 is 1.08 bits per heavy atom. The van der Waals surface area contributed by atoms with Crippen LogP contribution in [-0.2, 0) is 11.3 Å². The molecule has 0 bridgehead atoms. The van der Waals surface area contributed by atoms with Gasteiger partial charge < -0.3 is 4.90 Å². The highest BCUT2D eigenvalue weighted by Crippen LogP contribution is 2.19. The van der Waals surface area contributed by atoms with Gasteiger partial charge in [0.1, 0.15) is 25.0 Å². The van der Waals surface area contributed by atoms with E-state index >= 15 is 0 Å². The molecule has 0 saturated carbocycles. The van der Waals surface area contributed by atoms with Crippen LogP contribution in [0.15, 0.2) is 61.2 Å². The fraction of sp³-hybridized carbons (Fsp3) is 0.111. The molecule has 6 nitrogen and oxygen atoms in total. The first-order valence-electron chi connectivity index (χ1n) is 7.70. The molecule has 0 aliphatic rings. The van der Waals surface area contributed by atoms with Crippen molar-refractivity contribution in [3.63, 3.8) is 0 Å². The molecule has 0 saturated heterocycles. The smallest absolute Gasteiger partial charge is 0.249 e. The second-order valence-electron chi connectivity index (χ2n) is 5.48. The maximum absolute atomic E-state index is 13.1. The number of carbonyl (C=O) groups excluding carboxylic acids is 2. The van der Waals surface area contributed by atoms with Gasteiger partial charge in [-0.15, -0.1) is 0 Å². The summed E-state index contributed by atoms with van der Waals surface area (Å²) in [7, 11) is 0. The van der Waals surface area contributed by atoms with Gasteiger partial charge in [0.25, 0.3) is 0 Å². The number of ketones is 1. The van der Waals surface area contributed by atoms with Crippen LogP contribution < -0.4 is 4.90 Å². The van der Waals surface area contributed by atoms with Crippen LogP contribution in [0.3, 0.4) is 0 Å². The van der Waals surface area contributed by atoms with E-state index in [1.165, 1.54) is 46.5 Å². The third kappa shape index (κ3) is 4.31. The lowest BCUT2D eigenvalue weighted by molar-refractivity contribution is -0.119. The topological polar surface area (TPSA) is 68.1 Å². The van der Waals surface area contributed by atoms with Gasteiger partial charge in [0.2, 0.25) is 5.91 Å². The lowest BCUT2D eigenvalue weighted by atomic mass is 10.1. The largest absolute Gasteiger partial charge is 0.303 e. The molecule has 0 atom stereocenters. The van der Waals surface area contributed by atoms with Gasteiger partial charge in [0.15, 0.2) is 5.78 Å². The zero-order valence-corrected chi connectivity index (χ0v) is 14.3. The van der Waals surface area contributed by atoms with Crippen LogP contribution in [0, 0.1) is 5.82 Å². The number of nitrogens with zero attached hydrogens (tertiary/aromatic N) is 4. The van der Waals surface area contributed by atoms with Gasteiger partial charge in [-0.3, -0.25) is 9.59 Å². The monoisotopic (exact) mass is 372 g/mol. The first kappa shape index (κ1) is 17.8. The van der Waals surface area contributed by atoms with Gasteiger partial charge in [-0.2, -0.15) is 5.10 Å². The van der Waals surface area contributed by atoms with Crippen LogP contribution in [0.5, 0.6) is 0 Å². The Kier molecular flexibility index (Phi) is 5.38. The van der Waals surface area contributed by atoms with E-state index in [1.807, 2.05) is 0 Å². The van der Waals surface area contributed by atoms with Crippen molar-refractivity contribution in [2.75, 3.05) is 11.4 Å². The molecular weight excluding hydrogens is 359 g/mol. The maximum Gasteiger partial charge on any atom is 0.249 e. The molecule has 2 aromatic carbocycles. The molecule has 3 aromatic rings. The van der Waals surface area contributed by atoms with Crippen molar-refractivity contribution in [1.29, 1.82) is 0 Å². The van der Waals surface area contributed by atoms with E-state index in [4.69, 9.17) is 11.6 Å². The summed E-state index contributed by atoms with van der Waals surface area (Å²) in [5.74, 6) is -1.08. The van der Waals surface area contributed by atoms with Crippen molar-refractivity contribution in [2.24, 2.45) is 0 Å². The number of benzene rings is 2. The molecule has 0 spiro atoms. The Morgan fingerprint density at radius 2 is 1.77 bits per heavy atom. The van der Waals surface area contributed by atoms with E-state index in [0.717, 1.165) is 0 Å². The van der Waals surface area contributed by atoms with Crippen LogP contribution in [-0.4, -0.2) is 33.0 Å². The highest BCUT2D eigenvalue weighted by atomic mass is 35.5. The maximum atomic E-state index is 13.1. The normalized spacial score (nSPS) is 10.5. The summed E-state index contributed by atoms with van der Waals surface area (Å²) in [6.07, 6.45) is 2.74. The van der Waals surface area contributed by atoms with Gasteiger partial charge in [0.05, 0.1) is 6.54 Å². The standard InChI is InChI=1S/C18H14ClFN4O2/c19-14-3-7-16(8-4-14)24(18(26)10-23-12-21-11-22-23)9-17(25)13-1-5-15(20)6-2-13/h1-8,11-12H,9-10H2. The molecule has 0 aliphatic heterocycles. The van der Waals surface area contributed by atoms with Gasteiger partial charge >= 0.3 is 0 Å². The summed E-state index contributed by atoms with van der Waals surface area (Å²) in [5, 5.41) is 4.42. The van der Waals surface area contributed by atoms with E-state index in [1.54, 1.807) is 24.3 Å². The van der Waals surface area contributed by atoms with Gasteiger partial charge in [-0.05, 0) is 48.5 Å². The quantitative estimate of drug-likeness (QED) is 0.624. The van der Waals surface area contributed by atoms with Crippen LogP contribution in [0.1, 0.15) is 10.4 Å².